The Bertz CT molecular complexity index is 1200. The second kappa shape index (κ2) is 8.94. The maximum Gasteiger partial charge on any atom is 0.321 e. The Labute approximate surface area is 192 Å². The van der Waals surface area contributed by atoms with Gasteiger partial charge < -0.3 is 15.5 Å². The standard InChI is InChI=1S/C26H26N4O3/c31-24(28-20-10-12-21(13-11-20)30-16-14-27-26(30)33)19-7-4-15-29(17-19)25(32)23-9-3-6-18-5-1-2-8-22(18)23/h1-3,5-6,8-13,19H,4,7,14-17H2,(H,27,33)(H,28,31). The topological polar surface area (TPSA) is 81.8 Å². The molecule has 0 saturated carbocycles. The average Bonchev–Trinajstić information content (AvgIpc) is 3.29. The van der Waals surface area contributed by atoms with Gasteiger partial charge in [0.2, 0.25) is 5.91 Å². The van der Waals surface area contributed by atoms with E-state index in [2.05, 4.69) is 10.6 Å². The van der Waals surface area contributed by atoms with Crippen LogP contribution in [0.4, 0.5) is 16.2 Å². The average molecular weight is 443 g/mol. The number of likely N-dealkylation sites (tertiary alicyclic amines) is 1. The van der Waals surface area contributed by atoms with E-state index in [1.165, 1.54) is 0 Å². The number of amides is 4. The third-order valence-electron chi connectivity index (χ3n) is 6.40. The van der Waals surface area contributed by atoms with Crippen molar-refractivity contribution in [1.29, 1.82) is 0 Å². The van der Waals surface area contributed by atoms with Gasteiger partial charge >= 0.3 is 6.03 Å². The molecule has 2 aliphatic rings. The van der Waals surface area contributed by atoms with Crippen LogP contribution < -0.4 is 15.5 Å². The van der Waals surface area contributed by atoms with Gasteiger partial charge in [0.05, 0.1) is 5.92 Å². The van der Waals surface area contributed by atoms with E-state index in [-0.39, 0.29) is 23.8 Å². The molecule has 2 heterocycles. The summed E-state index contributed by atoms with van der Waals surface area (Å²) in [4.78, 5) is 41.5. The summed E-state index contributed by atoms with van der Waals surface area (Å²) in [5, 5.41) is 7.72. The van der Waals surface area contributed by atoms with Crippen LogP contribution in [0.1, 0.15) is 23.2 Å². The first-order valence-corrected chi connectivity index (χ1v) is 11.3. The summed E-state index contributed by atoms with van der Waals surface area (Å²) >= 11 is 0. The largest absolute Gasteiger partial charge is 0.338 e. The molecule has 1 unspecified atom stereocenters. The van der Waals surface area contributed by atoms with E-state index < -0.39 is 0 Å². The van der Waals surface area contributed by atoms with Crippen molar-refractivity contribution in [3.63, 3.8) is 0 Å². The molecule has 1 atom stereocenters. The van der Waals surface area contributed by atoms with Gasteiger partial charge in [0, 0.05) is 43.1 Å². The zero-order valence-electron chi connectivity index (χ0n) is 18.3. The highest BCUT2D eigenvalue weighted by atomic mass is 16.2. The Kier molecular flexibility index (Phi) is 5.69. The number of carbonyl (C=O) groups excluding carboxylic acids is 3. The van der Waals surface area contributed by atoms with Crippen LogP contribution in [0.2, 0.25) is 0 Å². The number of urea groups is 1. The van der Waals surface area contributed by atoms with Crippen molar-refractivity contribution in [2.75, 3.05) is 36.4 Å². The molecule has 0 aliphatic carbocycles. The Morgan fingerprint density at radius 1 is 0.939 bits per heavy atom. The lowest BCUT2D eigenvalue weighted by molar-refractivity contribution is -0.121. The summed E-state index contributed by atoms with van der Waals surface area (Å²) in [5.74, 6) is -0.378. The molecular weight excluding hydrogens is 416 g/mol. The minimum atomic E-state index is -0.262. The SMILES string of the molecule is O=C(Nc1ccc(N2CCNC2=O)cc1)C1CCCN(C(=O)c2cccc3ccccc23)C1. The molecule has 0 spiro atoms. The Morgan fingerprint density at radius 3 is 2.52 bits per heavy atom. The lowest BCUT2D eigenvalue weighted by Crippen LogP contribution is -2.43. The van der Waals surface area contributed by atoms with Crippen molar-refractivity contribution in [2.45, 2.75) is 12.8 Å². The molecule has 0 radical (unpaired) electrons. The predicted molar refractivity (Wildman–Crippen MR) is 128 cm³/mol. The number of fused-ring (bicyclic) bond motifs is 1. The fraction of sp³-hybridized carbons (Fsp3) is 0.269. The maximum absolute atomic E-state index is 13.3. The van der Waals surface area contributed by atoms with E-state index in [0.717, 1.165) is 29.3 Å². The normalized spacial score (nSPS) is 18.3. The van der Waals surface area contributed by atoms with Crippen molar-refractivity contribution in [2.24, 2.45) is 5.92 Å². The maximum atomic E-state index is 13.3. The van der Waals surface area contributed by atoms with Gasteiger partial charge in [-0.2, -0.15) is 0 Å². The van der Waals surface area contributed by atoms with Crippen molar-refractivity contribution in [3.8, 4) is 0 Å². The highest BCUT2D eigenvalue weighted by Crippen LogP contribution is 2.25. The first kappa shape index (κ1) is 21.0. The molecule has 2 saturated heterocycles. The first-order valence-electron chi connectivity index (χ1n) is 11.3. The van der Waals surface area contributed by atoms with Gasteiger partial charge in [0.25, 0.3) is 5.91 Å². The van der Waals surface area contributed by atoms with E-state index in [9.17, 15) is 14.4 Å². The quantitative estimate of drug-likeness (QED) is 0.644. The third kappa shape index (κ3) is 4.26. The van der Waals surface area contributed by atoms with Crippen molar-refractivity contribution >= 4 is 40.0 Å². The Morgan fingerprint density at radius 2 is 1.73 bits per heavy atom. The third-order valence-corrected chi connectivity index (χ3v) is 6.40. The number of benzene rings is 3. The van der Waals surface area contributed by atoms with Gasteiger partial charge in [0.15, 0.2) is 0 Å². The zero-order valence-corrected chi connectivity index (χ0v) is 18.3. The van der Waals surface area contributed by atoms with Crippen molar-refractivity contribution < 1.29 is 14.4 Å². The smallest absolute Gasteiger partial charge is 0.321 e. The molecule has 33 heavy (non-hydrogen) atoms. The van der Waals surface area contributed by atoms with Gasteiger partial charge in [-0.3, -0.25) is 14.5 Å². The van der Waals surface area contributed by atoms with Gasteiger partial charge in [-0.15, -0.1) is 0 Å². The number of nitrogens with zero attached hydrogens (tertiary/aromatic N) is 2. The minimum Gasteiger partial charge on any atom is -0.338 e. The van der Waals surface area contributed by atoms with Gasteiger partial charge in [0.1, 0.15) is 0 Å². The summed E-state index contributed by atoms with van der Waals surface area (Å²) in [5.41, 5.74) is 2.16. The van der Waals surface area contributed by atoms with Crippen LogP contribution in [0.3, 0.4) is 0 Å². The van der Waals surface area contributed by atoms with E-state index in [1.807, 2.05) is 54.6 Å². The van der Waals surface area contributed by atoms with Crippen molar-refractivity contribution in [1.82, 2.24) is 10.2 Å². The minimum absolute atomic E-state index is 0.0301. The number of carbonyl (C=O) groups is 3. The molecule has 5 rings (SSSR count). The summed E-state index contributed by atoms with van der Waals surface area (Å²) < 4.78 is 0. The second-order valence-electron chi connectivity index (χ2n) is 8.54. The molecule has 3 aromatic rings. The number of anilines is 2. The highest BCUT2D eigenvalue weighted by Gasteiger charge is 2.29. The first-order chi connectivity index (χ1) is 16.1. The molecular formula is C26H26N4O3. The summed E-state index contributed by atoms with van der Waals surface area (Å²) in [6, 6.07) is 20.8. The van der Waals surface area contributed by atoms with E-state index >= 15 is 0 Å². The summed E-state index contributed by atoms with van der Waals surface area (Å²) in [6.07, 6.45) is 1.54. The van der Waals surface area contributed by atoms with Crippen LogP contribution in [0, 0.1) is 5.92 Å². The highest BCUT2D eigenvalue weighted by molar-refractivity contribution is 6.07. The molecule has 7 nitrogen and oxygen atoms in total. The Balaban J connectivity index is 1.25. The summed E-state index contributed by atoms with van der Waals surface area (Å²) in [6.45, 7) is 2.32. The summed E-state index contributed by atoms with van der Waals surface area (Å²) in [7, 11) is 0. The molecule has 2 aliphatic heterocycles. The van der Waals surface area contributed by atoms with Crippen LogP contribution >= 0.6 is 0 Å². The fourth-order valence-corrected chi connectivity index (χ4v) is 4.64. The van der Waals surface area contributed by atoms with E-state index in [1.54, 1.807) is 21.9 Å². The molecule has 7 heteroatoms. The number of rotatable bonds is 4. The van der Waals surface area contributed by atoms with E-state index in [0.29, 0.717) is 37.4 Å². The molecule has 0 aromatic heterocycles. The van der Waals surface area contributed by atoms with Gasteiger partial charge in [-0.25, -0.2) is 4.79 Å². The monoisotopic (exact) mass is 442 g/mol. The van der Waals surface area contributed by atoms with Crippen LogP contribution in [0.5, 0.6) is 0 Å². The van der Waals surface area contributed by atoms with Crippen LogP contribution in [0.25, 0.3) is 10.8 Å². The van der Waals surface area contributed by atoms with Crippen LogP contribution in [-0.2, 0) is 4.79 Å². The zero-order chi connectivity index (χ0) is 22.8. The van der Waals surface area contributed by atoms with Crippen molar-refractivity contribution in [3.05, 3.63) is 72.3 Å². The molecule has 4 amide bonds. The Hall–Kier alpha value is -3.87. The molecule has 2 N–H and O–H groups in total. The number of hydrogen-bond donors (Lipinski definition) is 2. The van der Waals surface area contributed by atoms with Gasteiger partial charge in [-0.1, -0.05) is 36.4 Å². The van der Waals surface area contributed by atoms with E-state index in [4.69, 9.17) is 0 Å². The number of piperidine rings is 1. The lowest BCUT2D eigenvalue weighted by atomic mass is 9.95. The molecule has 3 aromatic carbocycles. The van der Waals surface area contributed by atoms with Gasteiger partial charge in [-0.05, 0) is 53.9 Å². The molecule has 0 bridgehead atoms. The number of hydrogen-bond acceptors (Lipinski definition) is 3. The van der Waals surface area contributed by atoms with Crippen LogP contribution in [0.15, 0.2) is 66.7 Å². The predicted octanol–water partition coefficient (Wildman–Crippen LogP) is 3.86. The lowest BCUT2D eigenvalue weighted by Gasteiger charge is -2.32. The molecule has 168 valence electrons. The van der Waals surface area contributed by atoms with Crippen LogP contribution in [-0.4, -0.2) is 48.9 Å². The number of nitrogens with one attached hydrogen (secondary N) is 2. The fourth-order valence-electron chi connectivity index (χ4n) is 4.64. The molecule has 2 fully saturated rings. The second-order valence-corrected chi connectivity index (χ2v) is 8.54.